The van der Waals surface area contributed by atoms with E-state index in [1.807, 2.05) is 0 Å². The number of carbonyl (C=O) groups is 2. The second kappa shape index (κ2) is 9.95. The second-order valence-corrected chi connectivity index (χ2v) is 8.35. The highest BCUT2D eigenvalue weighted by atomic mass is 32.2. The van der Waals surface area contributed by atoms with Crippen LogP contribution in [0.2, 0.25) is 0 Å². The topological polar surface area (TPSA) is 115 Å². The van der Waals surface area contributed by atoms with Crippen molar-refractivity contribution in [1.82, 2.24) is 9.21 Å². The Morgan fingerprint density at radius 3 is 1.75 bits per heavy atom. The zero-order valence-corrected chi connectivity index (χ0v) is 15.0. The first-order valence-corrected chi connectivity index (χ1v) is 10.1. The fourth-order valence-electron chi connectivity index (χ4n) is 3.15. The molecule has 140 valence electrons. The van der Waals surface area contributed by atoms with Crippen LogP contribution in [0.3, 0.4) is 0 Å². The molecule has 2 fully saturated rings. The summed E-state index contributed by atoms with van der Waals surface area (Å²) < 4.78 is 25.3. The quantitative estimate of drug-likeness (QED) is 0.563. The van der Waals surface area contributed by atoms with Gasteiger partial charge in [-0.2, -0.15) is 4.31 Å². The van der Waals surface area contributed by atoms with Crippen LogP contribution in [0.25, 0.3) is 0 Å². The summed E-state index contributed by atoms with van der Waals surface area (Å²) in [6.07, 6.45) is 8.05. The van der Waals surface area contributed by atoms with Gasteiger partial charge in [0.15, 0.2) is 0 Å². The summed E-state index contributed by atoms with van der Waals surface area (Å²) in [5, 5.41) is 14.8. The number of nitrogens with zero attached hydrogens (tertiary/aromatic N) is 2. The second-order valence-electron chi connectivity index (χ2n) is 6.09. The average molecular weight is 364 g/mol. The molecular formula is C15H28N2O6S. The van der Waals surface area contributed by atoms with E-state index >= 15 is 0 Å². The van der Waals surface area contributed by atoms with Crippen molar-refractivity contribution in [2.45, 2.75) is 51.5 Å². The molecule has 2 aliphatic rings. The van der Waals surface area contributed by atoms with Crippen LogP contribution in [0.15, 0.2) is 0 Å². The lowest BCUT2D eigenvalue weighted by atomic mass is 10.1. The maximum Gasteiger partial charge on any atom is 0.414 e. The third-order valence-corrected chi connectivity index (χ3v) is 6.44. The Hall–Kier alpha value is -1.19. The van der Waals surface area contributed by atoms with Crippen molar-refractivity contribution in [2.24, 2.45) is 0 Å². The van der Waals surface area contributed by atoms with Crippen molar-refractivity contribution in [3.8, 4) is 0 Å². The monoisotopic (exact) mass is 364 g/mol. The molecule has 0 spiro atoms. The van der Waals surface area contributed by atoms with Crippen LogP contribution in [-0.4, -0.2) is 77.7 Å². The first-order chi connectivity index (χ1) is 11.3. The summed E-state index contributed by atoms with van der Waals surface area (Å²) in [6, 6.07) is 0.707. The number of aliphatic carboxylic acids is 2. The zero-order chi connectivity index (χ0) is 18.2. The summed E-state index contributed by atoms with van der Waals surface area (Å²) in [6.45, 7) is 4.94. The third-order valence-electron chi connectivity index (χ3n) is 4.56. The SMILES string of the molecule is CCS(=O)(=O)N1CCN(C2CCCCCC2)CC1.O=C(O)C(=O)O. The van der Waals surface area contributed by atoms with Gasteiger partial charge in [0.1, 0.15) is 0 Å². The summed E-state index contributed by atoms with van der Waals surface area (Å²) in [4.78, 5) is 20.7. The molecule has 0 atom stereocenters. The number of sulfonamides is 1. The van der Waals surface area contributed by atoms with Gasteiger partial charge in [0.05, 0.1) is 5.75 Å². The molecule has 1 heterocycles. The predicted molar refractivity (Wildman–Crippen MR) is 89.4 cm³/mol. The summed E-state index contributed by atoms with van der Waals surface area (Å²) in [7, 11) is -2.98. The molecule has 0 aromatic heterocycles. The smallest absolute Gasteiger partial charge is 0.414 e. The van der Waals surface area contributed by atoms with Gasteiger partial charge in [-0.3, -0.25) is 4.90 Å². The lowest BCUT2D eigenvalue weighted by Gasteiger charge is -2.38. The van der Waals surface area contributed by atoms with Crippen LogP contribution in [0, 0.1) is 0 Å². The Bertz CT molecular complexity index is 494. The van der Waals surface area contributed by atoms with Gasteiger partial charge < -0.3 is 10.2 Å². The molecular weight excluding hydrogens is 336 g/mol. The van der Waals surface area contributed by atoms with E-state index in [-0.39, 0.29) is 5.75 Å². The van der Waals surface area contributed by atoms with Gasteiger partial charge in [0.25, 0.3) is 0 Å². The van der Waals surface area contributed by atoms with E-state index in [4.69, 9.17) is 19.8 Å². The molecule has 0 aromatic rings. The van der Waals surface area contributed by atoms with E-state index in [1.165, 1.54) is 38.5 Å². The molecule has 1 saturated carbocycles. The van der Waals surface area contributed by atoms with E-state index in [2.05, 4.69) is 4.90 Å². The fraction of sp³-hybridized carbons (Fsp3) is 0.867. The molecule has 2 rings (SSSR count). The van der Waals surface area contributed by atoms with E-state index in [9.17, 15) is 8.42 Å². The van der Waals surface area contributed by atoms with Gasteiger partial charge in [0, 0.05) is 32.2 Å². The third kappa shape index (κ3) is 6.74. The van der Waals surface area contributed by atoms with Crippen LogP contribution in [0.5, 0.6) is 0 Å². The minimum absolute atomic E-state index is 0.233. The Balaban J connectivity index is 0.000000413. The molecule has 0 bridgehead atoms. The number of rotatable bonds is 3. The van der Waals surface area contributed by atoms with Crippen molar-refractivity contribution in [1.29, 1.82) is 0 Å². The van der Waals surface area contributed by atoms with Crippen molar-refractivity contribution >= 4 is 22.0 Å². The van der Waals surface area contributed by atoms with Crippen molar-refractivity contribution in [2.75, 3.05) is 31.9 Å². The molecule has 1 saturated heterocycles. The number of hydrogen-bond acceptors (Lipinski definition) is 5. The molecule has 1 aliphatic heterocycles. The zero-order valence-electron chi connectivity index (χ0n) is 14.2. The Labute approximate surface area is 143 Å². The van der Waals surface area contributed by atoms with Crippen molar-refractivity contribution in [3.63, 3.8) is 0 Å². The van der Waals surface area contributed by atoms with Crippen molar-refractivity contribution < 1.29 is 28.2 Å². The lowest BCUT2D eigenvalue weighted by Crippen LogP contribution is -2.52. The van der Waals surface area contributed by atoms with Crippen LogP contribution in [0.1, 0.15) is 45.4 Å². The molecule has 0 amide bonds. The van der Waals surface area contributed by atoms with Crippen LogP contribution < -0.4 is 0 Å². The number of carboxylic acid groups (broad SMARTS) is 2. The summed E-state index contributed by atoms with van der Waals surface area (Å²) in [5.41, 5.74) is 0. The van der Waals surface area contributed by atoms with Crippen molar-refractivity contribution in [3.05, 3.63) is 0 Å². The Morgan fingerprint density at radius 2 is 1.38 bits per heavy atom. The maximum atomic E-state index is 11.8. The Kier molecular flexibility index (Phi) is 8.65. The van der Waals surface area contributed by atoms with Gasteiger partial charge in [-0.05, 0) is 19.8 Å². The summed E-state index contributed by atoms with van der Waals surface area (Å²) >= 11 is 0. The van der Waals surface area contributed by atoms with Crippen LogP contribution in [0.4, 0.5) is 0 Å². The number of piperazine rings is 1. The normalized spacial score (nSPS) is 21.4. The van der Waals surface area contributed by atoms with Gasteiger partial charge in [-0.1, -0.05) is 25.7 Å². The Morgan fingerprint density at radius 1 is 0.917 bits per heavy atom. The minimum atomic E-state index is -2.98. The van der Waals surface area contributed by atoms with Gasteiger partial charge in [-0.25, -0.2) is 18.0 Å². The first-order valence-electron chi connectivity index (χ1n) is 8.46. The molecule has 2 N–H and O–H groups in total. The molecule has 0 unspecified atom stereocenters. The lowest BCUT2D eigenvalue weighted by molar-refractivity contribution is -0.159. The largest absolute Gasteiger partial charge is 0.473 e. The van der Waals surface area contributed by atoms with Gasteiger partial charge >= 0.3 is 11.9 Å². The van der Waals surface area contributed by atoms with E-state index < -0.39 is 22.0 Å². The highest BCUT2D eigenvalue weighted by Crippen LogP contribution is 2.23. The fourth-order valence-corrected chi connectivity index (χ4v) is 4.24. The maximum absolute atomic E-state index is 11.8. The van der Waals surface area contributed by atoms with E-state index in [0.29, 0.717) is 19.1 Å². The van der Waals surface area contributed by atoms with Crippen LogP contribution >= 0.6 is 0 Å². The number of hydrogen-bond donors (Lipinski definition) is 2. The average Bonchev–Trinajstić information content (AvgIpc) is 2.84. The molecule has 24 heavy (non-hydrogen) atoms. The molecule has 1 aliphatic carbocycles. The molecule has 9 heteroatoms. The molecule has 0 aromatic carbocycles. The number of carboxylic acids is 2. The highest BCUT2D eigenvalue weighted by Gasteiger charge is 2.28. The predicted octanol–water partition coefficient (Wildman–Crippen LogP) is 0.832. The molecule has 0 radical (unpaired) electrons. The van der Waals surface area contributed by atoms with Gasteiger partial charge in [0.2, 0.25) is 10.0 Å². The molecule has 8 nitrogen and oxygen atoms in total. The minimum Gasteiger partial charge on any atom is -0.473 e. The van der Waals surface area contributed by atoms with Crippen LogP contribution in [-0.2, 0) is 19.6 Å². The van der Waals surface area contributed by atoms with Gasteiger partial charge in [-0.15, -0.1) is 0 Å². The summed E-state index contributed by atoms with van der Waals surface area (Å²) in [5.74, 6) is -3.42. The first kappa shape index (κ1) is 20.9. The highest BCUT2D eigenvalue weighted by molar-refractivity contribution is 7.89. The van der Waals surface area contributed by atoms with E-state index in [1.54, 1.807) is 11.2 Å². The van der Waals surface area contributed by atoms with E-state index in [0.717, 1.165) is 13.1 Å². The standard InChI is InChI=1S/C13H26N2O2S.C2H2O4/c1-2-18(16,17)15-11-9-14(10-12-15)13-7-5-3-4-6-8-13;3-1(4)2(5)6/h13H,2-12H2,1H3;(H,3,4)(H,5,6).